The van der Waals surface area contributed by atoms with Gasteiger partial charge in [0.05, 0.1) is 0 Å². The fourth-order valence-electron chi connectivity index (χ4n) is 0.686. The molecule has 0 aromatic heterocycles. The Labute approximate surface area is 64.6 Å². The van der Waals surface area contributed by atoms with Gasteiger partial charge in [-0.25, -0.2) is 0 Å². The minimum absolute atomic E-state index is 0.418. The first-order valence-electron chi connectivity index (χ1n) is 2.83. The molecule has 0 atom stereocenters. The van der Waals surface area contributed by atoms with Gasteiger partial charge in [0.15, 0.2) is 0 Å². The maximum Gasteiger partial charge on any atom is 0.141 e. The second-order valence-corrected chi connectivity index (χ2v) is 2.43. The number of hydrogen-bond donors (Lipinski definition) is 0. The molecule has 0 saturated carbocycles. The van der Waals surface area contributed by atoms with Gasteiger partial charge in [0.1, 0.15) is 13.5 Å². The van der Waals surface area contributed by atoms with Gasteiger partial charge in [-0.05, 0) is 23.4 Å². The predicted molar refractivity (Wildman–Crippen MR) is 45.1 cm³/mol. The van der Waals surface area contributed by atoms with Crippen molar-refractivity contribution in [2.45, 2.75) is 0 Å². The summed E-state index contributed by atoms with van der Waals surface area (Å²) >= 11 is 5.69. The molecule has 0 bridgehead atoms. The van der Waals surface area contributed by atoms with E-state index >= 15 is 0 Å². The zero-order valence-electron chi connectivity index (χ0n) is 5.47. The van der Waals surface area contributed by atoms with Gasteiger partial charge in [-0.3, -0.25) is 0 Å². The van der Waals surface area contributed by atoms with Crippen LogP contribution in [0.4, 0.5) is 5.69 Å². The van der Waals surface area contributed by atoms with Crippen molar-refractivity contribution in [2.24, 2.45) is 5.18 Å². The molecule has 0 amide bonds. The van der Waals surface area contributed by atoms with Crippen molar-refractivity contribution in [3.63, 3.8) is 0 Å². The van der Waals surface area contributed by atoms with Gasteiger partial charge in [-0.1, -0.05) is 17.1 Å². The summed E-state index contributed by atoms with van der Waals surface area (Å²) in [6.07, 6.45) is 0. The summed E-state index contributed by atoms with van der Waals surface area (Å²) < 4.78 is 0. The summed E-state index contributed by atoms with van der Waals surface area (Å²) in [6, 6.07) is 4.89. The molecule has 10 heavy (non-hydrogen) atoms. The zero-order chi connectivity index (χ0) is 7.56. The maximum absolute atomic E-state index is 9.98. The molecular weight excluding hydrogens is 148 g/mol. The molecule has 2 nitrogen and oxygen atoms in total. The van der Waals surface area contributed by atoms with Gasteiger partial charge in [0.25, 0.3) is 0 Å². The van der Waals surface area contributed by atoms with E-state index in [0.29, 0.717) is 10.7 Å². The lowest BCUT2D eigenvalue weighted by atomic mass is 9.96. The molecule has 1 aromatic carbocycles. The van der Waals surface area contributed by atoms with Crippen LogP contribution in [0.5, 0.6) is 0 Å². The molecule has 0 aliphatic carbocycles. The van der Waals surface area contributed by atoms with Crippen LogP contribution in [0.2, 0.25) is 5.02 Å². The highest BCUT2D eigenvalue weighted by molar-refractivity contribution is 6.45. The normalized spacial score (nSPS) is 9.30. The molecule has 0 aliphatic rings. The van der Waals surface area contributed by atoms with Crippen molar-refractivity contribution in [3.8, 4) is 0 Å². The van der Waals surface area contributed by atoms with Crippen LogP contribution in [0, 0.1) is 4.91 Å². The van der Waals surface area contributed by atoms with Crippen LogP contribution in [0.1, 0.15) is 0 Å². The Bertz CT molecular complexity index is 264. The van der Waals surface area contributed by atoms with E-state index in [9.17, 15) is 4.91 Å². The fraction of sp³-hybridized carbons (Fsp3) is 0. The van der Waals surface area contributed by atoms with Crippen LogP contribution in [0.25, 0.3) is 0 Å². The van der Waals surface area contributed by atoms with Crippen LogP contribution in [-0.2, 0) is 0 Å². The first-order valence-corrected chi connectivity index (χ1v) is 3.21. The number of benzene rings is 1. The summed E-state index contributed by atoms with van der Waals surface area (Å²) in [5.74, 6) is 0. The second-order valence-electron chi connectivity index (χ2n) is 2.02. The standard InChI is InChI=1S/C6H5BClNO/c7-5-3-4(9-10)1-2-6(5)8/h1-3H,7H2. The van der Waals surface area contributed by atoms with Crippen LogP contribution in [0.15, 0.2) is 23.4 Å². The SMILES string of the molecule is Bc1cc(N=O)ccc1Cl. The number of halogens is 1. The smallest absolute Gasteiger partial charge is 0.141 e. The van der Waals surface area contributed by atoms with Gasteiger partial charge in [-0.2, -0.15) is 0 Å². The zero-order valence-corrected chi connectivity index (χ0v) is 6.22. The van der Waals surface area contributed by atoms with E-state index in [4.69, 9.17) is 11.6 Å². The average molecular weight is 153 g/mol. The third-order valence-electron chi connectivity index (χ3n) is 1.25. The largest absolute Gasteiger partial charge is 0.145 e. The topological polar surface area (TPSA) is 29.4 Å². The van der Waals surface area contributed by atoms with Gasteiger partial charge >= 0.3 is 0 Å². The van der Waals surface area contributed by atoms with Crippen LogP contribution >= 0.6 is 11.6 Å². The lowest BCUT2D eigenvalue weighted by Crippen LogP contribution is -2.01. The van der Waals surface area contributed by atoms with Gasteiger partial charge in [-0.15, -0.1) is 4.91 Å². The molecule has 0 spiro atoms. The number of rotatable bonds is 1. The Morgan fingerprint density at radius 2 is 2.20 bits per heavy atom. The lowest BCUT2D eigenvalue weighted by molar-refractivity contribution is 1.51. The summed E-state index contributed by atoms with van der Waals surface area (Å²) in [5.41, 5.74) is 1.29. The molecule has 0 heterocycles. The van der Waals surface area contributed by atoms with Crippen molar-refractivity contribution < 1.29 is 0 Å². The highest BCUT2D eigenvalue weighted by atomic mass is 35.5. The van der Waals surface area contributed by atoms with E-state index in [1.807, 2.05) is 7.85 Å². The van der Waals surface area contributed by atoms with Crippen molar-refractivity contribution in [3.05, 3.63) is 28.1 Å². The van der Waals surface area contributed by atoms with Crippen molar-refractivity contribution in [1.82, 2.24) is 0 Å². The van der Waals surface area contributed by atoms with Crippen molar-refractivity contribution in [1.29, 1.82) is 0 Å². The monoisotopic (exact) mass is 153 g/mol. The van der Waals surface area contributed by atoms with Gasteiger partial charge < -0.3 is 0 Å². The molecule has 1 rings (SSSR count). The van der Waals surface area contributed by atoms with Gasteiger partial charge in [0, 0.05) is 5.02 Å². The van der Waals surface area contributed by atoms with Crippen molar-refractivity contribution in [2.75, 3.05) is 0 Å². The highest BCUT2D eigenvalue weighted by Gasteiger charge is 1.95. The molecule has 0 radical (unpaired) electrons. The summed E-state index contributed by atoms with van der Waals surface area (Å²) in [5, 5.41) is 3.42. The Morgan fingerprint density at radius 1 is 1.50 bits per heavy atom. The molecule has 1 aromatic rings. The van der Waals surface area contributed by atoms with Gasteiger partial charge in [0.2, 0.25) is 0 Å². The molecule has 0 fully saturated rings. The third kappa shape index (κ3) is 1.36. The lowest BCUT2D eigenvalue weighted by Gasteiger charge is -1.94. The second kappa shape index (κ2) is 2.84. The van der Waals surface area contributed by atoms with Crippen LogP contribution < -0.4 is 5.46 Å². The molecule has 0 N–H and O–H groups in total. The van der Waals surface area contributed by atoms with E-state index in [1.54, 1.807) is 18.2 Å². The van der Waals surface area contributed by atoms with E-state index in [2.05, 4.69) is 5.18 Å². The van der Waals surface area contributed by atoms with E-state index < -0.39 is 0 Å². The number of nitroso groups, excluding NO2 is 1. The summed E-state index contributed by atoms with van der Waals surface area (Å²) in [6.45, 7) is 0. The molecular formula is C6H5BClNO. The molecule has 0 aliphatic heterocycles. The Hall–Kier alpha value is -0.825. The Morgan fingerprint density at radius 3 is 2.70 bits per heavy atom. The maximum atomic E-state index is 9.98. The number of hydrogen-bond acceptors (Lipinski definition) is 2. The molecule has 4 heteroatoms. The average Bonchev–Trinajstić information content (AvgIpc) is 1.95. The summed E-state index contributed by atoms with van der Waals surface area (Å²) in [7, 11) is 1.83. The highest BCUT2D eigenvalue weighted by Crippen LogP contribution is 2.12. The van der Waals surface area contributed by atoms with E-state index in [1.165, 1.54) is 0 Å². The van der Waals surface area contributed by atoms with Crippen LogP contribution in [-0.4, -0.2) is 7.85 Å². The third-order valence-corrected chi connectivity index (χ3v) is 1.67. The molecule has 0 unspecified atom stereocenters. The van der Waals surface area contributed by atoms with E-state index in [0.717, 1.165) is 5.46 Å². The predicted octanol–water partition coefficient (Wildman–Crippen LogP) is 0.996. The first-order chi connectivity index (χ1) is 4.74. The van der Waals surface area contributed by atoms with Crippen LogP contribution in [0.3, 0.4) is 0 Å². The fourth-order valence-corrected chi connectivity index (χ4v) is 0.803. The molecule has 0 saturated heterocycles. The quantitative estimate of drug-likeness (QED) is 0.437. The van der Waals surface area contributed by atoms with E-state index in [-0.39, 0.29) is 0 Å². The Kier molecular flexibility index (Phi) is 2.07. The first kappa shape index (κ1) is 7.28. The molecule has 50 valence electrons. The minimum atomic E-state index is 0.418. The van der Waals surface area contributed by atoms with Crippen molar-refractivity contribution >= 4 is 30.6 Å². The summed E-state index contributed by atoms with van der Waals surface area (Å²) in [4.78, 5) is 9.98. The number of nitrogens with zero attached hydrogens (tertiary/aromatic N) is 1. The Balaban J connectivity index is 3.16. The minimum Gasteiger partial charge on any atom is -0.145 e.